The highest BCUT2D eigenvalue weighted by molar-refractivity contribution is 8.01. The van der Waals surface area contributed by atoms with E-state index in [0.29, 0.717) is 9.47 Å². The first kappa shape index (κ1) is 20.0. The lowest BCUT2D eigenvalue weighted by molar-refractivity contribution is -0.120. The van der Waals surface area contributed by atoms with Gasteiger partial charge in [0, 0.05) is 5.69 Å². The minimum Gasteiger partial charge on any atom is -0.497 e. The molecule has 0 bridgehead atoms. The summed E-state index contributed by atoms with van der Waals surface area (Å²) in [6, 6.07) is 9.63. The van der Waals surface area contributed by atoms with Crippen molar-refractivity contribution in [1.29, 1.82) is 5.26 Å². The fraction of sp³-hybridized carbons (Fsp3) is 0.412. The Morgan fingerprint density at radius 1 is 1.38 bits per heavy atom. The van der Waals surface area contributed by atoms with Gasteiger partial charge in [0.05, 0.1) is 18.9 Å². The van der Waals surface area contributed by atoms with Crippen LogP contribution in [0.15, 0.2) is 28.6 Å². The molecule has 2 N–H and O–H groups in total. The number of nitrogens with one attached hydrogen (secondary N) is 2. The van der Waals surface area contributed by atoms with Gasteiger partial charge in [-0.1, -0.05) is 36.9 Å². The maximum absolute atomic E-state index is 12.1. The molecular weight excluding hydrogens is 370 g/mol. The Morgan fingerprint density at radius 2 is 2.08 bits per heavy atom. The van der Waals surface area contributed by atoms with Gasteiger partial charge in [0.15, 0.2) is 4.34 Å². The number of thioether (sulfide) groups is 1. The Bertz CT molecular complexity index is 785. The molecule has 2 rings (SSSR count). The van der Waals surface area contributed by atoms with Crippen molar-refractivity contribution in [1.82, 2.24) is 15.5 Å². The monoisotopic (exact) mass is 391 g/mol. The van der Waals surface area contributed by atoms with Crippen LogP contribution in [0.5, 0.6) is 5.75 Å². The minimum absolute atomic E-state index is 0.0169. The van der Waals surface area contributed by atoms with E-state index in [9.17, 15) is 10.1 Å². The number of anilines is 2. The van der Waals surface area contributed by atoms with Crippen LogP contribution in [-0.4, -0.2) is 34.5 Å². The lowest BCUT2D eigenvalue weighted by Gasteiger charge is -2.27. The zero-order valence-electron chi connectivity index (χ0n) is 15.1. The van der Waals surface area contributed by atoms with Gasteiger partial charge in [-0.25, -0.2) is 0 Å². The highest BCUT2D eigenvalue weighted by Gasteiger charge is 2.29. The number of ether oxygens (including phenoxy) is 1. The van der Waals surface area contributed by atoms with Crippen molar-refractivity contribution in [3.05, 3.63) is 24.3 Å². The number of aromatic nitrogens is 2. The van der Waals surface area contributed by atoms with Gasteiger partial charge in [0.1, 0.15) is 11.3 Å². The van der Waals surface area contributed by atoms with Gasteiger partial charge in [-0.05, 0) is 37.1 Å². The largest absolute Gasteiger partial charge is 0.497 e. The maximum Gasteiger partial charge on any atom is 0.231 e. The summed E-state index contributed by atoms with van der Waals surface area (Å²) < 4.78 is 5.80. The maximum atomic E-state index is 12.1. The van der Waals surface area contributed by atoms with Gasteiger partial charge in [0.25, 0.3) is 0 Å². The molecule has 0 radical (unpaired) electrons. The number of carbonyl (C=O) groups excluding carboxylic acids is 1. The van der Waals surface area contributed by atoms with E-state index in [-0.39, 0.29) is 17.6 Å². The fourth-order valence-electron chi connectivity index (χ4n) is 1.87. The topological polar surface area (TPSA) is 99.9 Å². The zero-order chi connectivity index (χ0) is 19.2. The summed E-state index contributed by atoms with van der Waals surface area (Å²) in [6.45, 7) is 5.53. The normalized spacial score (nSPS) is 12.9. The number of nitriles is 1. The standard InChI is InChI=1S/C17H21N5O2S2/c1-11(2)17(3,10-18)20-14(23)9-25-16-22-21-15(26-16)19-12-5-7-13(24-4)8-6-12/h5-8,11H,9H2,1-4H3,(H,19,21)(H,20,23). The van der Waals surface area contributed by atoms with Crippen LogP contribution in [0.1, 0.15) is 20.8 Å². The highest BCUT2D eigenvalue weighted by Crippen LogP contribution is 2.28. The molecule has 26 heavy (non-hydrogen) atoms. The number of methoxy groups -OCH3 is 1. The molecular formula is C17H21N5O2S2. The highest BCUT2D eigenvalue weighted by atomic mass is 32.2. The van der Waals surface area contributed by atoms with Crippen LogP contribution in [-0.2, 0) is 4.79 Å². The SMILES string of the molecule is COc1ccc(Nc2nnc(SCC(=O)NC(C)(C#N)C(C)C)s2)cc1. The summed E-state index contributed by atoms with van der Waals surface area (Å²) in [6.07, 6.45) is 0. The van der Waals surface area contributed by atoms with Crippen LogP contribution in [0.4, 0.5) is 10.8 Å². The van der Waals surface area contributed by atoms with Crippen molar-refractivity contribution in [2.75, 3.05) is 18.2 Å². The van der Waals surface area contributed by atoms with E-state index in [1.54, 1.807) is 14.0 Å². The lowest BCUT2D eigenvalue weighted by Crippen LogP contribution is -2.49. The predicted octanol–water partition coefficient (Wildman–Crippen LogP) is 3.44. The second-order valence-corrected chi connectivity index (χ2v) is 8.23. The molecule has 0 saturated heterocycles. The number of nitrogens with zero attached hydrogens (tertiary/aromatic N) is 3. The van der Waals surface area contributed by atoms with E-state index in [4.69, 9.17) is 4.74 Å². The van der Waals surface area contributed by atoms with Crippen LogP contribution in [0.2, 0.25) is 0 Å². The van der Waals surface area contributed by atoms with Crippen molar-refractivity contribution in [3.8, 4) is 11.8 Å². The van der Waals surface area contributed by atoms with Crippen molar-refractivity contribution in [2.24, 2.45) is 5.92 Å². The van der Waals surface area contributed by atoms with E-state index in [0.717, 1.165) is 11.4 Å². The molecule has 0 spiro atoms. The Hall–Kier alpha value is -2.31. The predicted molar refractivity (Wildman–Crippen MR) is 104 cm³/mol. The molecule has 0 aliphatic carbocycles. The molecule has 1 heterocycles. The van der Waals surface area contributed by atoms with Crippen LogP contribution >= 0.6 is 23.1 Å². The summed E-state index contributed by atoms with van der Waals surface area (Å²) in [4.78, 5) is 12.1. The number of amides is 1. The molecule has 1 atom stereocenters. The van der Waals surface area contributed by atoms with Gasteiger partial charge in [-0.2, -0.15) is 5.26 Å². The summed E-state index contributed by atoms with van der Waals surface area (Å²) in [7, 11) is 1.62. The number of hydrogen-bond donors (Lipinski definition) is 2. The third-order valence-electron chi connectivity index (χ3n) is 3.86. The average Bonchev–Trinajstić information content (AvgIpc) is 3.07. The Balaban J connectivity index is 1.88. The van der Waals surface area contributed by atoms with Crippen LogP contribution in [0.3, 0.4) is 0 Å². The molecule has 7 nitrogen and oxygen atoms in total. The molecule has 0 aliphatic rings. The zero-order valence-corrected chi connectivity index (χ0v) is 16.7. The third-order valence-corrected chi connectivity index (χ3v) is 5.83. The Morgan fingerprint density at radius 3 is 2.65 bits per heavy atom. The first-order chi connectivity index (χ1) is 12.4. The van der Waals surface area contributed by atoms with Gasteiger partial charge >= 0.3 is 0 Å². The van der Waals surface area contributed by atoms with Crippen LogP contribution in [0, 0.1) is 17.2 Å². The van der Waals surface area contributed by atoms with E-state index in [1.165, 1.54) is 23.1 Å². The summed E-state index contributed by atoms with van der Waals surface area (Å²) in [5.41, 5.74) is -0.00203. The molecule has 0 fully saturated rings. The summed E-state index contributed by atoms with van der Waals surface area (Å²) in [5, 5.41) is 24.0. The van der Waals surface area contributed by atoms with Crippen LogP contribution in [0.25, 0.3) is 0 Å². The molecule has 2 aromatic rings. The number of rotatable bonds is 8. The molecule has 1 amide bonds. The average molecular weight is 392 g/mol. The first-order valence-corrected chi connectivity index (χ1v) is 9.76. The molecule has 0 saturated carbocycles. The summed E-state index contributed by atoms with van der Waals surface area (Å²) in [5.74, 6) is 0.776. The smallest absolute Gasteiger partial charge is 0.231 e. The molecule has 1 unspecified atom stereocenters. The van der Waals surface area contributed by atoms with Gasteiger partial charge in [0.2, 0.25) is 11.0 Å². The quantitative estimate of drug-likeness (QED) is 0.665. The molecule has 1 aromatic heterocycles. The van der Waals surface area contributed by atoms with Gasteiger partial charge in [-0.3, -0.25) is 4.79 Å². The van der Waals surface area contributed by atoms with E-state index in [1.807, 2.05) is 38.1 Å². The van der Waals surface area contributed by atoms with Crippen molar-refractivity contribution >= 4 is 39.8 Å². The van der Waals surface area contributed by atoms with Crippen LogP contribution < -0.4 is 15.4 Å². The first-order valence-electron chi connectivity index (χ1n) is 7.96. The van der Waals surface area contributed by atoms with E-state index >= 15 is 0 Å². The molecule has 1 aromatic carbocycles. The second-order valence-electron chi connectivity index (χ2n) is 6.03. The molecule has 9 heteroatoms. The van der Waals surface area contributed by atoms with Gasteiger partial charge in [-0.15, -0.1) is 10.2 Å². The summed E-state index contributed by atoms with van der Waals surface area (Å²) >= 11 is 2.66. The van der Waals surface area contributed by atoms with Crippen molar-refractivity contribution in [2.45, 2.75) is 30.6 Å². The lowest BCUT2D eigenvalue weighted by atomic mass is 9.90. The van der Waals surface area contributed by atoms with E-state index < -0.39 is 5.54 Å². The Labute approximate surface area is 161 Å². The van der Waals surface area contributed by atoms with Gasteiger partial charge < -0.3 is 15.4 Å². The molecule has 138 valence electrons. The second kappa shape index (κ2) is 8.87. The third kappa shape index (κ3) is 5.34. The molecule has 0 aliphatic heterocycles. The number of benzene rings is 1. The number of hydrogen-bond acceptors (Lipinski definition) is 8. The number of carbonyl (C=O) groups is 1. The Kier molecular flexibility index (Phi) is 6.83. The van der Waals surface area contributed by atoms with Crippen molar-refractivity contribution in [3.63, 3.8) is 0 Å². The minimum atomic E-state index is -0.875. The van der Waals surface area contributed by atoms with E-state index in [2.05, 4.69) is 26.9 Å². The fourth-order valence-corrected chi connectivity index (χ4v) is 3.44. The van der Waals surface area contributed by atoms with Crippen molar-refractivity contribution < 1.29 is 9.53 Å².